The van der Waals surface area contributed by atoms with Crippen molar-refractivity contribution >= 4 is 16.8 Å². The average Bonchev–Trinajstić information content (AvgIpc) is 2.95. The van der Waals surface area contributed by atoms with Gasteiger partial charge in [0.05, 0.1) is 18.6 Å². The highest BCUT2D eigenvalue weighted by atomic mass is 19.1. The van der Waals surface area contributed by atoms with Gasteiger partial charge in [-0.05, 0) is 48.7 Å². The van der Waals surface area contributed by atoms with Gasteiger partial charge in [0.1, 0.15) is 5.82 Å². The maximum atomic E-state index is 13.3. The zero-order valence-corrected chi connectivity index (χ0v) is 14.2. The molecular formula is C20H21FN2O2. The van der Waals surface area contributed by atoms with E-state index in [9.17, 15) is 14.3 Å². The summed E-state index contributed by atoms with van der Waals surface area (Å²) in [4.78, 5) is 15.5. The number of aryl methyl sites for hydroxylation is 1. The van der Waals surface area contributed by atoms with Crippen LogP contribution in [0.5, 0.6) is 0 Å². The number of aromatic nitrogens is 1. The van der Waals surface area contributed by atoms with Gasteiger partial charge in [-0.15, -0.1) is 0 Å². The number of aliphatic hydroxyl groups is 1. The zero-order chi connectivity index (χ0) is 18.0. The molecule has 3 rings (SSSR count). The highest BCUT2D eigenvalue weighted by Crippen LogP contribution is 2.21. The summed E-state index contributed by atoms with van der Waals surface area (Å²) >= 11 is 0. The standard InChI is InChI=1S/C20H21FN2O2/c1-12-6-7-17-15(11-22-18(17)8-12)10-19(24)23-13(2)20(25)14-4-3-5-16(21)9-14/h3-9,11,13,20,22,25H,10H2,1-2H3,(H,23,24)/t13-,20-/m0/s1. The third-order valence-corrected chi connectivity index (χ3v) is 4.33. The number of H-pyrrole nitrogens is 1. The van der Waals surface area contributed by atoms with E-state index in [0.29, 0.717) is 5.56 Å². The van der Waals surface area contributed by atoms with Gasteiger partial charge >= 0.3 is 0 Å². The van der Waals surface area contributed by atoms with Gasteiger partial charge in [0, 0.05) is 17.1 Å². The Hall–Kier alpha value is -2.66. The zero-order valence-electron chi connectivity index (χ0n) is 14.2. The molecule has 25 heavy (non-hydrogen) atoms. The molecule has 2 aromatic carbocycles. The number of benzene rings is 2. The van der Waals surface area contributed by atoms with Gasteiger partial charge in [-0.3, -0.25) is 4.79 Å². The third-order valence-electron chi connectivity index (χ3n) is 4.33. The molecule has 1 aromatic heterocycles. The van der Waals surface area contributed by atoms with E-state index in [1.54, 1.807) is 13.0 Å². The molecule has 0 spiro atoms. The smallest absolute Gasteiger partial charge is 0.224 e. The molecule has 4 nitrogen and oxygen atoms in total. The van der Waals surface area contributed by atoms with Crippen LogP contribution in [0, 0.1) is 12.7 Å². The van der Waals surface area contributed by atoms with Crippen LogP contribution in [0.4, 0.5) is 4.39 Å². The molecule has 130 valence electrons. The second kappa shape index (κ2) is 7.07. The minimum absolute atomic E-state index is 0.190. The normalized spacial score (nSPS) is 13.6. The molecule has 0 aliphatic carbocycles. The van der Waals surface area contributed by atoms with E-state index in [2.05, 4.69) is 10.3 Å². The fourth-order valence-corrected chi connectivity index (χ4v) is 2.98. The maximum absolute atomic E-state index is 13.3. The minimum atomic E-state index is -0.967. The van der Waals surface area contributed by atoms with Crippen molar-refractivity contribution in [2.75, 3.05) is 0 Å². The molecular weight excluding hydrogens is 319 g/mol. The van der Waals surface area contributed by atoms with Crippen LogP contribution in [-0.2, 0) is 11.2 Å². The van der Waals surface area contributed by atoms with Gasteiger partial charge in [-0.25, -0.2) is 4.39 Å². The lowest BCUT2D eigenvalue weighted by Crippen LogP contribution is -2.37. The number of hydrogen-bond donors (Lipinski definition) is 3. The first kappa shape index (κ1) is 17.2. The number of halogens is 1. The van der Waals surface area contributed by atoms with Crippen molar-refractivity contribution in [3.63, 3.8) is 0 Å². The first-order valence-electron chi connectivity index (χ1n) is 8.23. The second-order valence-corrected chi connectivity index (χ2v) is 6.40. The number of carbonyl (C=O) groups excluding carboxylic acids is 1. The van der Waals surface area contributed by atoms with E-state index in [-0.39, 0.29) is 12.3 Å². The summed E-state index contributed by atoms with van der Waals surface area (Å²) in [6.07, 6.45) is 1.07. The Morgan fingerprint density at radius 1 is 1.28 bits per heavy atom. The number of rotatable bonds is 5. The molecule has 1 amide bonds. The van der Waals surface area contributed by atoms with Gasteiger partial charge in [0.2, 0.25) is 5.91 Å². The Morgan fingerprint density at radius 2 is 2.08 bits per heavy atom. The van der Waals surface area contributed by atoms with E-state index in [0.717, 1.165) is 22.0 Å². The van der Waals surface area contributed by atoms with Gasteiger partial charge in [0.25, 0.3) is 0 Å². The molecule has 3 aromatic rings. The predicted molar refractivity (Wildman–Crippen MR) is 95.7 cm³/mol. The highest BCUT2D eigenvalue weighted by Gasteiger charge is 2.19. The number of hydrogen-bond acceptors (Lipinski definition) is 2. The lowest BCUT2D eigenvalue weighted by atomic mass is 10.0. The predicted octanol–water partition coefficient (Wildman–Crippen LogP) is 3.40. The van der Waals surface area contributed by atoms with Crippen molar-refractivity contribution in [1.29, 1.82) is 0 Å². The van der Waals surface area contributed by atoms with Crippen molar-refractivity contribution in [3.8, 4) is 0 Å². The van der Waals surface area contributed by atoms with Crippen LogP contribution in [0.1, 0.15) is 29.7 Å². The summed E-state index contributed by atoms with van der Waals surface area (Å²) < 4.78 is 13.3. The van der Waals surface area contributed by atoms with E-state index < -0.39 is 18.0 Å². The molecule has 0 bridgehead atoms. The number of aromatic amines is 1. The summed E-state index contributed by atoms with van der Waals surface area (Å²) in [5.41, 5.74) is 3.49. The summed E-state index contributed by atoms with van der Waals surface area (Å²) in [5, 5.41) is 14.1. The van der Waals surface area contributed by atoms with Crippen LogP contribution in [0.25, 0.3) is 10.9 Å². The molecule has 0 saturated carbocycles. The largest absolute Gasteiger partial charge is 0.386 e. The van der Waals surface area contributed by atoms with Crippen LogP contribution >= 0.6 is 0 Å². The van der Waals surface area contributed by atoms with Gasteiger partial charge in [-0.2, -0.15) is 0 Å². The molecule has 0 saturated heterocycles. The Kier molecular flexibility index (Phi) is 4.86. The highest BCUT2D eigenvalue weighted by molar-refractivity contribution is 5.89. The van der Waals surface area contributed by atoms with Crippen LogP contribution in [0.2, 0.25) is 0 Å². The lowest BCUT2D eigenvalue weighted by molar-refractivity contribution is -0.121. The fraction of sp³-hybridized carbons (Fsp3) is 0.250. The number of aliphatic hydroxyl groups excluding tert-OH is 1. The van der Waals surface area contributed by atoms with Crippen LogP contribution in [-0.4, -0.2) is 22.0 Å². The third kappa shape index (κ3) is 3.88. The maximum Gasteiger partial charge on any atom is 0.224 e. The Balaban J connectivity index is 1.67. The van der Waals surface area contributed by atoms with E-state index >= 15 is 0 Å². The molecule has 2 atom stereocenters. The van der Waals surface area contributed by atoms with Crippen LogP contribution in [0.15, 0.2) is 48.7 Å². The minimum Gasteiger partial charge on any atom is -0.386 e. The molecule has 0 unspecified atom stereocenters. The van der Waals surface area contributed by atoms with Crippen molar-refractivity contribution in [1.82, 2.24) is 10.3 Å². The van der Waals surface area contributed by atoms with Crippen LogP contribution < -0.4 is 5.32 Å². The van der Waals surface area contributed by atoms with Crippen molar-refractivity contribution in [2.45, 2.75) is 32.4 Å². The summed E-state index contributed by atoms with van der Waals surface area (Å²) in [7, 11) is 0. The fourth-order valence-electron chi connectivity index (χ4n) is 2.98. The van der Waals surface area contributed by atoms with Crippen LogP contribution in [0.3, 0.4) is 0 Å². The first-order chi connectivity index (χ1) is 11.9. The summed E-state index contributed by atoms with van der Waals surface area (Å²) in [6, 6.07) is 11.3. The topological polar surface area (TPSA) is 65.1 Å². The van der Waals surface area contributed by atoms with E-state index in [4.69, 9.17) is 0 Å². The molecule has 0 radical (unpaired) electrons. The molecule has 0 aliphatic heterocycles. The average molecular weight is 340 g/mol. The molecule has 1 heterocycles. The van der Waals surface area contributed by atoms with E-state index in [1.807, 2.05) is 31.3 Å². The van der Waals surface area contributed by atoms with Gasteiger partial charge in [0.15, 0.2) is 0 Å². The summed E-state index contributed by atoms with van der Waals surface area (Å²) in [6.45, 7) is 3.72. The first-order valence-corrected chi connectivity index (χ1v) is 8.23. The Morgan fingerprint density at radius 3 is 2.84 bits per heavy atom. The Labute approximate surface area is 145 Å². The van der Waals surface area contributed by atoms with Crippen molar-refractivity contribution in [3.05, 3.63) is 71.2 Å². The van der Waals surface area contributed by atoms with Gasteiger partial charge in [-0.1, -0.05) is 24.3 Å². The molecule has 3 N–H and O–H groups in total. The Bertz CT molecular complexity index is 904. The molecule has 5 heteroatoms. The number of nitrogens with one attached hydrogen (secondary N) is 2. The quantitative estimate of drug-likeness (QED) is 0.666. The monoisotopic (exact) mass is 340 g/mol. The SMILES string of the molecule is Cc1ccc2c(CC(=O)N[C@@H](C)[C@H](O)c3cccc(F)c3)c[nH]c2c1. The number of fused-ring (bicyclic) bond motifs is 1. The summed E-state index contributed by atoms with van der Waals surface area (Å²) in [5.74, 6) is -0.603. The van der Waals surface area contributed by atoms with Crippen molar-refractivity contribution < 1.29 is 14.3 Å². The molecule has 0 aliphatic rings. The number of amides is 1. The molecule has 0 fully saturated rings. The lowest BCUT2D eigenvalue weighted by Gasteiger charge is -2.20. The van der Waals surface area contributed by atoms with E-state index in [1.165, 1.54) is 18.2 Å². The number of carbonyl (C=O) groups is 1. The van der Waals surface area contributed by atoms with Gasteiger partial charge < -0.3 is 15.4 Å². The second-order valence-electron chi connectivity index (χ2n) is 6.40. The van der Waals surface area contributed by atoms with Crippen molar-refractivity contribution in [2.24, 2.45) is 0 Å².